The lowest BCUT2D eigenvalue weighted by Gasteiger charge is -2.19. The first kappa shape index (κ1) is 12.4. The maximum absolute atomic E-state index is 12.4. The lowest BCUT2D eigenvalue weighted by molar-refractivity contribution is -0.118. The molecule has 0 atom stereocenters. The SMILES string of the molecule is Cc1csc(N(C(=O)CCc2ccco2)C2CC2)n1. The Kier molecular flexibility index (Phi) is 3.38. The summed E-state index contributed by atoms with van der Waals surface area (Å²) < 4.78 is 5.27. The Hall–Kier alpha value is -1.62. The Morgan fingerprint density at radius 3 is 3.00 bits per heavy atom. The van der Waals surface area contributed by atoms with Crippen LogP contribution in [0.5, 0.6) is 0 Å². The van der Waals surface area contributed by atoms with Crippen LogP contribution in [0.15, 0.2) is 28.2 Å². The highest BCUT2D eigenvalue weighted by Gasteiger charge is 2.35. The number of carbonyl (C=O) groups excluding carboxylic acids is 1. The predicted octanol–water partition coefficient (Wildman–Crippen LogP) is 3.17. The van der Waals surface area contributed by atoms with E-state index in [0.717, 1.165) is 29.4 Å². The number of anilines is 1. The third kappa shape index (κ3) is 2.87. The minimum atomic E-state index is 0.147. The maximum Gasteiger partial charge on any atom is 0.229 e. The highest BCUT2D eigenvalue weighted by molar-refractivity contribution is 7.14. The standard InChI is InChI=1S/C14H16N2O2S/c1-10-9-19-14(15-10)16(11-4-5-11)13(17)7-6-12-3-2-8-18-12/h2-3,8-9,11H,4-7H2,1H3. The molecule has 3 rings (SSSR count). The predicted molar refractivity (Wildman–Crippen MR) is 74.4 cm³/mol. The molecule has 1 aliphatic rings. The Morgan fingerprint density at radius 2 is 2.42 bits per heavy atom. The van der Waals surface area contributed by atoms with Crippen LogP contribution < -0.4 is 4.90 Å². The van der Waals surface area contributed by atoms with Crippen molar-refractivity contribution in [3.63, 3.8) is 0 Å². The molecule has 0 aromatic carbocycles. The first-order valence-corrected chi connectivity index (χ1v) is 7.38. The van der Waals surface area contributed by atoms with Gasteiger partial charge in [0.25, 0.3) is 0 Å². The number of amides is 1. The van der Waals surface area contributed by atoms with Crippen molar-refractivity contribution in [1.82, 2.24) is 4.98 Å². The zero-order chi connectivity index (χ0) is 13.2. The van der Waals surface area contributed by atoms with Gasteiger partial charge in [0.05, 0.1) is 12.0 Å². The molecule has 19 heavy (non-hydrogen) atoms. The molecule has 1 saturated carbocycles. The summed E-state index contributed by atoms with van der Waals surface area (Å²) in [6.45, 7) is 1.96. The molecule has 0 aliphatic heterocycles. The number of hydrogen-bond donors (Lipinski definition) is 0. The summed E-state index contributed by atoms with van der Waals surface area (Å²) in [5.41, 5.74) is 0.976. The number of nitrogens with zero attached hydrogens (tertiary/aromatic N) is 2. The quantitative estimate of drug-likeness (QED) is 0.842. The summed E-state index contributed by atoms with van der Waals surface area (Å²) in [5.74, 6) is 1.01. The van der Waals surface area contributed by atoms with Crippen LogP contribution in [0.1, 0.15) is 30.7 Å². The van der Waals surface area contributed by atoms with E-state index in [1.165, 1.54) is 0 Å². The second-order valence-electron chi connectivity index (χ2n) is 4.85. The van der Waals surface area contributed by atoms with Crippen LogP contribution in [0.3, 0.4) is 0 Å². The van der Waals surface area contributed by atoms with Gasteiger partial charge in [-0.3, -0.25) is 9.69 Å². The van der Waals surface area contributed by atoms with Crippen molar-refractivity contribution in [2.45, 2.75) is 38.6 Å². The molecule has 0 bridgehead atoms. The zero-order valence-electron chi connectivity index (χ0n) is 10.8. The summed E-state index contributed by atoms with van der Waals surface area (Å²) in [6.07, 6.45) is 4.95. The Morgan fingerprint density at radius 1 is 1.58 bits per heavy atom. The number of carbonyl (C=O) groups is 1. The van der Waals surface area contributed by atoms with Crippen LogP contribution in [0.4, 0.5) is 5.13 Å². The van der Waals surface area contributed by atoms with Gasteiger partial charge in [0.1, 0.15) is 5.76 Å². The summed E-state index contributed by atoms with van der Waals surface area (Å²) in [7, 11) is 0. The van der Waals surface area contributed by atoms with Crippen molar-refractivity contribution in [2.75, 3.05) is 4.90 Å². The minimum absolute atomic E-state index is 0.147. The topological polar surface area (TPSA) is 46.3 Å². The van der Waals surface area contributed by atoms with E-state index in [9.17, 15) is 4.79 Å². The Balaban J connectivity index is 1.68. The van der Waals surface area contributed by atoms with Crippen molar-refractivity contribution in [3.05, 3.63) is 35.2 Å². The molecule has 0 unspecified atom stereocenters. The fourth-order valence-electron chi connectivity index (χ4n) is 2.06. The first-order chi connectivity index (χ1) is 9.24. The van der Waals surface area contributed by atoms with Gasteiger partial charge in [-0.2, -0.15) is 0 Å². The summed E-state index contributed by atoms with van der Waals surface area (Å²) in [5, 5.41) is 2.83. The van der Waals surface area contributed by atoms with Crippen molar-refractivity contribution < 1.29 is 9.21 Å². The fourth-order valence-corrected chi connectivity index (χ4v) is 2.95. The maximum atomic E-state index is 12.4. The smallest absolute Gasteiger partial charge is 0.229 e. The molecule has 0 spiro atoms. The number of rotatable bonds is 5. The van der Waals surface area contributed by atoms with Crippen LogP contribution in [-0.4, -0.2) is 16.9 Å². The molecule has 2 aromatic heterocycles. The molecule has 0 N–H and O–H groups in total. The van der Waals surface area contributed by atoms with Gasteiger partial charge >= 0.3 is 0 Å². The number of aromatic nitrogens is 1. The number of furan rings is 1. The van der Waals surface area contributed by atoms with Crippen molar-refractivity contribution >= 4 is 22.4 Å². The average Bonchev–Trinajstić information content (AvgIpc) is 2.90. The molecule has 1 fully saturated rings. The van der Waals surface area contributed by atoms with Crippen LogP contribution in [0.25, 0.3) is 0 Å². The summed E-state index contributed by atoms with van der Waals surface area (Å²) in [4.78, 5) is 18.7. The number of thiazole rings is 1. The highest BCUT2D eigenvalue weighted by atomic mass is 32.1. The molecule has 1 aliphatic carbocycles. The molecule has 4 nitrogen and oxygen atoms in total. The van der Waals surface area contributed by atoms with E-state index >= 15 is 0 Å². The zero-order valence-corrected chi connectivity index (χ0v) is 11.7. The summed E-state index contributed by atoms with van der Waals surface area (Å²) >= 11 is 1.55. The Bertz CT molecular complexity index is 558. The molecular formula is C14H16N2O2S. The van der Waals surface area contributed by atoms with Gasteiger partial charge in [-0.05, 0) is 31.9 Å². The van der Waals surface area contributed by atoms with E-state index in [1.54, 1.807) is 17.6 Å². The Labute approximate surface area is 116 Å². The molecule has 100 valence electrons. The van der Waals surface area contributed by atoms with Gasteiger partial charge in [-0.25, -0.2) is 4.98 Å². The van der Waals surface area contributed by atoms with Crippen molar-refractivity contribution in [1.29, 1.82) is 0 Å². The summed E-state index contributed by atoms with van der Waals surface area (Å²) in [6, 6.07) is 4.11. The molecule has 2 aromatic rings. The van der Waals surface area contributed by atoms with E-state index < -0.39 is 0 Å². The van der Waals surface area contributed by atoms with Crippen LogP contribution >= 0.6 is 11.3 Å². The molecule has 0 radical (unpaired) electrons. The third-order valence-electron chi connectivity index (χ3n) is 3.16. The molecule has 0 saturated heterocycles. The van der Waals surface area contributed by atoms with Gasteiger partial charge in [0, 0.05) is 24.3 Å². The van der Waals surface area contributed by atoms with Crippen molar-refractivity contribution in [3.8, 4) is 0 Å². The van der Waals surface area contributed by atoms with Gasteiger partial charge in [0.15, 0.2) is 5.13 Å². The van der Waals surface area contributed by atoms with Gasteiger partial charge in [-0.15, -0.1) is 11.3 Å². The fraction of sp³-hybridized carbons (Fsp3) is 0.429. The third-order valence-corrected chi connectivity index (χ3v) is 4.12. The second kappa shape index (κ2) is 5.17. The highest BCUT2D eigenvalue weighted by Crippen LogP contribution is 2.34. The number of aryl methyl sites for hydroxylation is 2. The van der Waals surface area contributed by atoms with Gasteiger partial charge in [0.2, 0.25) is 5.91 Å². The van der Waals surface area contributed by atoms with E-state index in [0.29, 0.717) is 18.9 Å². The van der Waals surface area contributed by atoms with E-state index in [-0.39, 0.29) is 5.91 Å². The van der Waals surface area contributed by atoms with E-state index in [1.807, 2.05) is 29.3 Å². The minimum Gasteiger partial charge on any atom is -0.469 e. The average molecular weight is 276 g/mol. The van der Waals surface area contributed by atoms with Crippen LogP contribution in [0.2, 0.25) is 0 Å². The van der Waals surface area contributed by atoms with Crippen LogP contribution in [-0.2, 0) is 11.2 Å². The largest absolute Gasteiger partial charge is 0.469 e. The lowest BCUT2D eigenvalue weighted by Crippen LogP contribution is -2.33. The normalized spacial score (nSPS) is 14.6. The van der Waals surface area contributed by atoms with E-state index in [4.69, 9.17) is 4.42 Å². The first-order valence-electron chi connectivity index (χ1n) is 6.50. The lowest BCUT2D eigenvalue weighted by atomic mass is 10.2. The van der Waals surface area contributed by atoms with Gasteiger partial charge < -0.3 is 4.42 Å². The molecule has 2 heterocycles. The molecule has 1 amide bonds. The monoisotopic (exact) mass is 276 g/mol. The van der Waals surface area contributed by atoms with Crippen molar-refractivity contribution in [2.24, 2.45) is 0 Å². The van der Waals surface area contributed by atoms with Crippen LogP contribution in [0, 0.1) is 6.92 Å². The molecular weight excluding hydrogens is 260 g/mol. The number of hydrogen-bond acceptors (Lipinski definition) is 4. The van der Waals surface area contributed by atoms with E-state index in [2.05, 4.69) is 4.98 Å². The van der Waals surface area contributed by atoms with Gasteiger partial charge in [-0.1, -0.05) is 0 Å². The second-order valence-corrected chi connectivity index (χ2v) is 5.68. The molecule has 5 heteroatoms.